The first-order valence-electron chi connectivity index (χ1n) is 9.61. The molecule has 5 nitrogen and oxygen atoms in total. The van der Waals surface area contributed by atoms with Crippen molar-refractivity contribution >= 4 is 11.7 Å². The zero-order valence-corrected chi connectivity index (χ0v) is 16.1. The van der Waals surface area contributed by atoms with Gasteiger partial charge in [0.2, 0.25) is 5.91 Å². The maximum absolute atomic E-state index is 13.4. The van der Waals surface area contributed by atoms with Crippen molar-refractivity contribution in [3.8, 4) is 22.4 Å². The zero-order chi connectivity index (χ0) is 19.7. The second-order valence-electron chi connectivity index (χ2n) is 7.57. The topological polar surface area (TPSA) is 51.0 Å². The van der Waals surface area contributed by atoms with Crippen LogP contribution in [-0.4, -0.2) is 27.2 Å². The van der Waals surface area contributed by atoms with Crippen molar-refractivity contribution in [1.29, 1.82) is 0 Å². The van der Waals surface area contributed by atoms with Crippen molar-refractivity contribution in [3.05, 3.63) is 54.6 Å². The van der Waals surface area contributed by atoms with Crippen LogP contribution >= 0.6 is 0 Å². The van der Waals surface area contributed by atoms with Gasteiger partial charge in [-0.2, -0.15) is 5.10 Å². The number of rotatable bonds is 5. The average molecular weight is 378 g/mol. The number of amides is 1. The summed E-state index contributed by atoms with van der Waals surface area (Å²) in [6.07, 6.45) is 5.17. The van der Waals surface area contributed by atoms with E-state index in [4.69, 9.17) is 5.10 Å². The Morgan fingerprint density at radius 3 is 2.61 bits per heavy atom. The van der Waals surface area contributed by atoms with Crippen LogP contribution in [0.5, 0.6) is 0 Å². The Hall–Kier alpha value is -3.02. The number of hydrogen-bond donors (Lipinski definition) is 0. The van der Waals surface area contributed by atoms with Crippen molar-refractivity contribution < 1.29 is 9.18 Å². The van der Waals surface area contributed by atoms with Gasteiger partial charge in [-0.05, 0) is 54.3 Å². The van der Waals surface area contributed by atoms with Gasteiger partial charge in [0, 0.05) is 43.0 Å². The summed E-state index contributed by atoms with van der Waals surface area (Å²) >= 11 is 0. The van der Waals surface area contributed by atoms with E-state index in [0.29, 0.717) is 24.7 Å². The molecule has 2 aromatic heterocycles. The van der Waals surface area contributed by atoms with Crippen molar-refractivity contribution in [1.82, 2.24) is 14.8 Å². The largest absolute Gasteiger partial charge is 0.297 e. The van der Waals surface area contributed by atoms with Gasteiger partial charge >= 0.3 is 0 Å². The van der Waals surface area contributed by atoms with Gasteiger partial charge in [-0.1, -0.05) is 13.8 Å². The first-order chi connectivity index (χ1) is 13.5. The molecule has 0 bridgehead atoms. The minimum absolute atomic E-state index is 0.110. The van der Waals surface area contributed by atoms with Gasteiger partial charge in [-0.25, -0.2) is 9.37 Å². The highest BCUT2D eigenvalue weighted by Gasteiger charge is 2.23. The van der Waals surface area contributed by atoms with Crippen LogP contribution in [0, 0.1) is 11.7 Å². The Morgan fingerprint density at radius 2 is 1.93 bits per heavy atom. The molecule has 0 unspecified atom stereocenters. The van der Waals surface area contributed by atoms with Crippen LogP contribution in [0.25, 0.3) is 22.4 Å². The first kappa shape index (κ1) is 18.3. The smallest absolute Gasteiger partial charge is 0.228 e. The van der Waals surface area contributed by atoms with Gasteiger partial charge < -0.3 is 0 Å². The lowest BCUT2D eigenvalue weighted by atomic mass is 10.0. The fourth-order valence-electron chi connectivity index (χ4n) is 3.55. The third-order valence-electron chi connectivity index (χ3n) is 4.84. The molecule has 1 saturated heterocycles. The fraction of sp³-hybridized carbons (Fsp3) is 0.318. The molecule has 1 amide bonds. The predicted molar refractivity (Wildman–Crippen MR) is 107 cm³/mol. The van der Waals surface area contributed by atoms with Gasteiger partial charge in [-0.3, -0.25) is 14.4 Å². The first-order valence-corrected chi connectivity index (χ1v) is 9.61. The van der Waals surface area contributed by atoms with Crippen LogP contribution in [0.1, 0.15) is 26.7 Å². The van der Waals surface area contributed by atoms with E-state index in [2.05, 4.69) is 18.8 Å². The second kappa shape index (κ2) is 7.54. The number of anilines is 1. The summed E-state index contributed by atoms with van der Waals surface area (Å²) in [5.74, 6) is 0.954. The van der Waals surface area contributed by atoms with Crippen molar-refractivity contribution in [2.75, 3.05) is 11.4 Å². The van der Waals surface area contributed by atoms with Crippen LogP contribution in [0.4, 0.5) is 10.2 Å². The number of halogens is 1. The maximum Gasteiger partial charge on any atom is 0.228 e. The van der Waals surface area contributed by atoms with Gasteiger partial charge in [-0.15, -0.1) is 0 Å². The third-order valence-corrected chi connectivity index (χ3v) is 4.84. The van der Waals surface area contributed by atoms with Crippen molar-refractivity contribution in [3.63, 3.8) is 0 Å². The Balaban J connectivity index is 1.78. The summed E-state index contributed by atoms with van der Waals surface area (Å²) in [7, 11) is 0. The summed E-state index contributed by atoms with van der Waals surface area (Å²) in [6, 6.07) is 10.2. The van der Waals surface area contributed by atoms with Gasteiger partial charge in [0.1, 0.15) is 17.3 Å². The molecule has 1 aliphatic rings. The summed E-state index contributed by atoms with van der Waals surface area (Å²) in [6.45, 7) is 5.77. The molecule has 6 heteroatoms. The SMILES string of the molecule is CC(C)Cn1cc(-c2ccnc(N3CCCC3=O)c2)c(-c2ccc(F)cc2)n1. The minimum Gasteiger partial charge on any atom is -0.297 e. The fourth-order valence-corrected chi connectivity index (χ4v) is 3.55. The van der Waals surface area contributed by atoms with E-state index in [1.807, 2.05) is 23.0 Å². The zero-order valence-electron chi connectivity index (χ0n) is 16.1. The summed E-state index contributed by atoms with van der Waals surface area (Å²) in [4.78, 5) is 18.2. The Kier molecular flexibility index (Phi) is 4.94. The number of carbonyl (C=O) groups excluding carboxylic acids is 1. The molecule has 0 aliphatic carbocycles. The van der Waals surface area contributed by atoms with E-state index in [9.17, 15) is 9.18 Å². The number of pyridine rings is 1. The monoisotopic (exact) mass is 378 g/mol. The van der Waals surface area contributed by atoms with E-state index in [1.165, 1.54) is 12.1 Å². The van der Waals surface area contributed by atoms with Crippen LogP contribution < -0.4 is 4.90 Å². The highest BCUT2D eigenvalue weighted by atomic mass is 19.1. The summed E-state index contributed by atoms with van der Waals surface area (Å²) < 4.78 is 15.3. The van der Waals surface area contributed by atoms with Crippen LogP contribution in [0.15, 0.2) is 48.8 Å². The molecule has 3 aromatic rings. The van der Waals surface area contributed by atoms with E-state index in [1.54, 1.807) is 23.2 Å². The molecule has 1 aliphatic heterocycles. The highest BCUT2D eigenvalue weighted by Crippen LogP contribution is 2.33. The normalized spacial score (nSPS) is 14.3. The Labute approximate surface area is 163 Å². The number of benzene rings is 1. The molecular formula is C22H23FN4O. The number of carbonyl (C=O) groups is 1. The molecule has 0 radical (unpaired) electrons. The van der Waals surface area contributed by atoms with Crippen molar-refractivity contribution in [2.45, 2.75) is 33.2 Å². The van der Waals surface area contributed by atoms with E-state index >= 15 is 0 Å². The van der Waals surface area contributed by atoms with Crippen LogP contribution in [0.3, 0.4) is 0 Å². The summed E-state index contributed by atoms with van der Waals surface area (Å²) in [5.41, 5.74) is 3.54. The molecule has 3 heterocycles. The Morgan fingerprint density at radius 1 is 1.14 bits per heavy atom. The molecule has 0 N–H and O–H groups in total. The molecule has 144 valence electrons. The van der Waals surface area contributed by atoms with E-state index in [-0.39, 0.29) is 11.7 Å². The van der Waals surface area contributed by atoms with Gasteiger partial charge in [0.25, 0.3) is 0 Å². The summed E-state index contributed by atoms with van der Waals surface area (Å²) in [5, 5.41) is 4.76. The lowest BCUT2D eigenvalue weighted by Crippen LogP contribution is -2.24. The lowest BCUT2D eigenvalue weighted by Gasteiger charge is -2.15. The number of hydrogen-bond acceptors (Lipinski definition) is 3. The Bertz CT molecular complexity index is 994. The van der Waals surface area contributed by atoms with Gasteiger partial charge in [0.15, 0.2) is 0 Å². The van der Waals surface area contributed by atoms with E-state index < -0.39 is 0 Å². The highest BCUT2D eigenvalue weighted by molar-refractivity contribution is 5.95. The molecule has 0 saturated carbocycles. The third kappa shape index (κ3) is 3.67. The second-order valence-corrected chi connectivity index (χ2v) is 7.57. The lowest BCUT2D eigenvalue weighted by molar-refractivity contribution is -0.117. The van der Waals surface area contributed by atoms with Crippen LogP contribution in [-0.2, 0) is 11.3 Å². The standard InChI is InChI=1S/C22H23FN4O/c1-15(2)13-26-14-19(22(25-26)16-5-7-18(23)8-6-16)17-9-10-24-20(12-17)27-11-3-4-21(27)28/h5-10,12,14-15H,3-4,11,13H2,1-2H3. The predicted octanol–water partition coefficient (Wildman–Crippen LogP) is 4.53. The van der Waals surface area contributed by atoms with E-state index in [0.717, 1.165) is 35.3 Å². The molecule has 1 fully saturated rings. The average Bonchev–Trinajstić information content (AvgIpc) is 3.28. The van der Waals surface area contributed by atoms with Crippen molar-refractivity contribution in [2.24, 2.45) is 5.92 Å². The molecule has 0 atom stereocenters. The quantitative estimate of drug-likeness (QED) is 0.655. The maximum atomic E-state index is 13.4. The molecule has 28 heavy (non-hydrogen) atoms. The minimum atomic E-state index is -0.273. The number of aromatic nitrogens is 3. The molecule has 1 aromatic carbocycles. The van der Waals surface area contributed by atoms with Gasteiger partial charge in [0.05, 0.1) is 0 Å². The molecule has 0 spiro atoms. The van der Waals surface area contributed by atoms with Crippen LogP contribution in [0.2, 0.25) is 0 Å². The molecular weight excluding hydrogens is 355 g/mol. The molecule has 4 rings (SSSR count). The number of nitrogens with zero attached hydrogens (tertiary/aromatic N) is 4.